The molecule has 4 nitrogen and oxygen atoms in total. The molecule has 0 aliphatic heterocycles. The minimum atomic E-state index is -0.777. The number of carbonyl (C=O) groups excluding carboxylic acids is 2. The van der Waals surface area contributed by atoms with Gasteiger partial charge in [0.05, 0.1) is 6.54 Å². The number of amides is 1. The first-order valence-corrected chi connectivity index (χ1v) is 4.02. The molecular formula is C9H13NO3. The molecule has 0 radical (unpaired) electrons. The molecule has 0 aromatic carbocycles. The second-order valence-corrected chi connectivity index (χ2v) is 2.41. The fraction of sp³-hybridized carbons (Fsp3) is 0.556. The Morgan fingerprint density at radius 2 is 2.23 bits per heavy atom. The fourth-order valence-electron chi connectivity index (χ4n) is 0.616. The number of ether oxygens (including phenoxy) is 1. The van der Waals surface area contributed by atoms with Gasteiger partial charge in [-0.05, 0) is 6.92 Å². The molecule has 0 unspecified atom stereocenters. The van der Waals surface area contributed by atoms with Gasteiger partial charge in [-0.3, -0.25) is 9.59 Å². The summed E-state index contributed by atoms with van der Waals surface area (Å²) in [5, 5.41) is 2.41. The van der Waals surface area contributed by atoms with E-state index in [0.29, 0.717) is 0 Å². The van der Waals surface area contributed by atoms with E-state index < -0.39 is 12.1 Å². The molecule has 0 aliphatic carbocycles. The summed E-state index contributed by atoms with van der Waals surface area (Å²) in [4.78, 5) is 21.8. The zero-order valence-corrected chi connectivity index (χ0v) is 7.79. The highest BCUT2D eigenvalue weighted by Gasteiger charge is 2.15. The normalized spacial score (nSPS) is 11.2. The van der Waals surface area contributed by atoms with Gasteiger partial charge in [-0.15, -0.1) is 6.42 Å². The van der Waals surface area contributed by atoms with Crippen LogP contribution in [0.5, 0.6) is 0 Å². The Balaban J connectivity index is 3.83. The standard InChI is InChI=1S/C9H13NO3/c1-4-6-10-9(12)7(3)13-8(11)5-2/h1,7H,5-6H2,2-3H3,(H,10,12)/t7-/m0/s1. The van der Waals surface area contributed by atoms with Crippen molar-refractivity contribution in [2.45, 2.75) is 26.4 Å². The van der Waals surface area contributed by atoms with Crippen LogP contribution in [0, 0.1) is 12.3 Å². The van der Waals surface area contributed by atoms with Crippen molar-refractivity contribution in [3.05, 3.63) is 0 Å². The Kier molecular flexibility index (Phi) is 5.37. The van der Waals surface area contributed by atoms with Crippen molar-refractivity contribution in [1.82, 2.24) is 5.32 Å². The molecule has 72 valence electrons. The lowest BCUT2D eigenvalue weighted by atomic mass is 10.3. The predicted octanol–water partition coefficient (Wildman–Crippen LogP) is 0.0775. The highest BCUT2D eigenvalue weighted by atomic mass is 16.5. The third-order valence-corrected chi connectivity index (χ3v) is 1.33. The van der Waals surface area contributed by atoms with E-state index in [1.54, 1.807) is 6.92 Å². The van der Waals surface area contributed by atoms with Crippen molar-refractivity contribution in [2.75, 3.05) is 6.54 Å². The molecular weight excluding hydrogens is 170 g/mol. The van der Waals surface area contributed by atoms with Crippen LogP contribution in [0.25, 0.3) is 0 Å². The fourth-order valence-corrected chi connectivity index (χ4v) is 0.616. The van der Waals surface area contributed by atoms with Gasteiger partial charge in [0, 0.05) is 6.42 Å². The van der Waals surface area contributed by atoms with Gasteiger partial charge in [0.2, 0.25) is 0 Å². The molecule has 13 heavy (non-hydrogen) atoms. The summed E-state index contributed by atoms with van der Waals surface area (Å²) in [6.45, 7) is 3.31. The zero-order chi connectivity index (χ0) is 10.3. The van der Waals surface area contributed by atoms with Crippen LogP contribution in [-0.2, 0) is 14.3 Å². The Bertz CT molecular complexity index is 230. The number of hydrogen-bond acceptors (Lipinski definition) is 3. The molecule has 0 aromatic rings. The second kappa shape index (κ2) is 6.06. The highest BCUT2D eigenvalue weighted by molar-refractivity contribution is 5.83. The van der Waals surface area contributed by atoms with Gasteiger partial charge < -0.3 is 10.1 Å². The van der Waals surface area contributed by atoms with Gasteiger partial charge in [-0.25, -0.2) is 0 Å². The smallest absolute Gasteiger partial charge is 0.306 e. The Hall–Kier alpha value is -1.50. The summed E-state index contributed by atoms with van der Waals surface area (Å²) < 4.78 is 4.74. The summed E-state index contributed by atoms with van der Waals surface area (Å²) in [7, 11) is 0. The van der Waals surface area contributed by atoms with Crippen molar-refractivity contribution >= 4 is 11.9 Å². The van der Waals surface area contributed by atoms with Crippen LogP contribution in [-0.4, -0.2) is 24.5 Å². The number of nitrogens with one attached hydrogen (secondary N) is 1. The predicted molar refractivity (Wildman–Crippen MR) is 47.7 cm³/mol. The largest absolute Gasteiger partial charge is 0.453 e. The summed E-state index contributed by atoms with van der Waals surface area (Å²) in [5.41, 5.74) is 0. The van der Waals surface area contributed by atoms with Gasteiger partial charge in [0.15, 0.2) is 6.10 Å². The average molecular weight is 183 g/mol. The third-order valence-electron chi connectivity index (χ3n) is 1.33. The highest BCUT2D eigenvalue weighted by Crippen LogP contribution is 1.93. The van der Waals surface area contributed by atoms with Gasteiger partial charge >= 0.3 is 5.97 Å². The Morgan fingerprint density at radius 3 is 2.69 bits per heavy atom. The van der Waals surface area contributed by atoms with Crippen molar-refractivity contribution < 1.29 is 14.3 Å². The van der Waals surface area contributed by atoms with Crippen LogP contribution in [0.4, 0.5) is 0 Å². The van der Waals surface area contributed by atoms with Crippen molar-refractivity contribution in [3.63, 3.8) is 0 Å². The molecule has 0 saturated heterocycles. The van der Waals surface area contributed by atoms with E-state index in [9.17, 15) is 9.59 Å². The number of rotatable bonds is 4. The van der Waals surface area contributed by atoms with Gasteiger partial charge in [-0.2, -0.15) is 0 Å². The molecule has 0 aromatic heterocycles. The molecule has 0 spiro atoms. The molecule has 0 bridgehead atoms. The summed E-state index contributed by atoms with van der Waals surface area (Å²) in [5.74, 6) is 1.47. The monoisotopic (exact) mass is 183 g/mol. The molecule has 1 N–H and O–H groups in total. The van der Waals surface area contributed by atoms with Gasteiger partial charge in [0.25, 0.3) is 5.91 Å². The van der Waals surface area contributed by atoms with Crippen molar-refractivity contribution in [3.8, 4) is 12.3 Å². The number of terminal acetylenes is 1. The first-order chi connectivity index (χ1) is 6.11. The lowest BCUT2D eigenvalue weighted by Crippen LogP contribution is -2.35. The van der Waals surface area contributed by atoms with Crippen LogP contribution < -0.4 is 5.32 Å². The molecule has 0 rings (SSSR count). The van der Waals surface area contributed by atoms with Crippen molar-refractivity contribution in [2.24, 2.45) is 0 Å². The number of hydrogen-bond donors (Lipinski definition) is 1. The molecule has 0 aliphatic rings. The molecule has 4 heteroatoms. The number of carbonyl (C=O) groups is 2. The SMILES string of the molecule is C#CCNC(=O)[C@H](C)OC(=O)CC. The van der Waals surface area contributed by atoms with Crippen LogP contribution in [0.15, 0.2) is 0 Å². The topological polar surface area (TPSA) is 55.4 Å². The maximum absolute atomic E-state index is 11.1. The first kappa shape index (κ1) is 11.5. The van der Waals surface area contributed by atoms with Crippen LogP contribution >= 0.6 is 0 Å². The van der Waals surface area contributed by atoms with E-state index in [-0.39, 0.29) is 18.9 Å². The van der Waals surface area contributed by atoms with Gasteiger partial charge in [0.1, 0.15) is 0 Å². The van der Waals surface area contributed by atoms with Crippen LogP contribution in [0.3, 0.4) is 0 Å². The van der Waals surface area contributed by atoms with Crippen LogP contribution in [0.2, 0.25) is 0 Å². The summed E-state index contributed by atoms with van der Waals surface area (Å²) in [6.07, 6.45) is 4.41. The van der Waals surface area contributed by atoms with E-state index in [1.807, 2.05) is 0 Å². The maximum atomic E-state index is 11.1. The molecule has 1 amide bonds. The molecule has 0 saturated carbocycles. The van der Waals surface area contributed by atoms with E-state index in [0.717, 1.165) is 0 Å². The molecule has 1 atom stereocenters. The van der Waals surface area contributed by atoms with E-state index in [4.69, 9.17) is 11.2 Å². The minimum absolute atomic E-state index is 0.146. The third kappa shape index (κ3) is 4.86. The molecule has 0 heterocycles. The van der Waals surface area contributed by atoms with E-state index in [1.165, 1.54) is 6.92 Å². The average Bonchev–Trinajstić information content (AvgIpc) is 2.13. The van der Waals surface area contributed by atoms with Gasteiger partial charge in [-0.1, -0.05) is 12.8 Å². The second-order valence-electron chi connectivity index (χ2n) is 2.41. The Morgan fingerprint density at radius 1 is 1.62 bits per heavy atom. The molecule has 0 fully saturated rings. The van der Waals surface area contributed by atoms with Crippen LogP contribution in [0.1, 0.15) is 20.3 Å². The maximum Gasteiger partial charge on any atom is 0.306 e. The first-order valence-electron chi connectivity index (χ1n) is 4.02. The summed E-state index contributed by atoms with van der Waals surface area (Å²) in [6, 6.07) is 0. The van der Waals surface area contributed by atoms with E-state index in [2.05, 4.69) is 11.2 Å². The Labute approximate surface area is 77.6 Å². The lowest BCUT2D eigenvalue weighted by molar-refractivity contribution is -0.154. The minimum Gasteiger partial charge on any atom is -0.453 e. The quantitative estimate of drug-likeness (QED) is 0.496. The zero-order valence-electron chi connectivity index (χ0n) is 7.79. The number of esters is 1. The summed E-state index contributed by atoms with van der Waals surface area (Å²) >= 11 is 0. The van der Waals surface area contributed by atoms with E-state index >= 15 is 0 Å². The lowest BCUT2D eigenvalue weighted by Gasteiger charge is -2.11. The van der Waals surface area contributed by atoms with Crippen molar-refractivity contribution in [1.29, 1.82) is 0 Å².